The van der Waals surface area contributed by atoms with Gasteiger partial charge in [-0.25, -0.2) is 0 Å². The van der Waals surface area contributed by atoms with Crippen LogP contribution >= 0.6 is 0 Å². The summed E-state index contributed by atoms with van der Waals surface area (Å²) in [5.74, 6) is -0.127. The summed E-state index contributed by atoms with van der Waals surface area (Å²) in [4.78, 5) is 11.0. The van der Waals surface area contributed by atoms with E-state index >= 15 is 0 Å². The third-order valence-electron chi connectivity index (χ3n) is 1.95. The molecule has 0 bridgehead atoms. The molecule has 0 heterocycles. The molecule has 0 spiro atoms. The van der Waals surface area contributed by atoms with E-state index in [9.17, 15) is 4.79 Å². The summed E-state index contributed by atoms with van der Waals surface area (Å²) >= 11 is 0. The van der Waals surface area contributed by atoms with Crippen LogP contribution in [0, 0.1) is 0 Å². The second-order valence-corrected chi connectivity index (χ2v) is 2.94. The number of rotatable bonds is 2. The average molecular weight is 179 g/mol. The van der Waals surface area contributed by atoms with Gasteiger partial charge < -0.3 is 17.2 Å². The molecular formula is C9H13N3O. The van der Waals surface area contributed by atoms with E-state index < -0.39 is 6.04 Å². The molecule has 0 aliphatic carbocycles. The quantitative estimate of drug-likeness (QED) is 0.574. The highest BCUT2D eigenvalue weighted by Crippen LogP contribution is 2.24. The molecule has 0 saturated carbocycles. The second-order valence-electron chi connectivity index (χ2n) is 2.94. The zero-order valence-corrected chi connectivity index (χ0v) is 7.45. The number of carbonyl (C=O) groups excluding carboxylic acids is 1. The van der Waals surface area contributed by atoms with Gasteiger partial charge in [0, 0.05) is 5.56 Å². The first-order valence-electron chi connectivity index (χ1n) is 3.94. The van der Waals surface area contributed by atoms with Crippen LogP contribution in [0.2, 0.25) is 0 Å². The highest BCUT2D eigenvalue weighted by atomic mass is 16.1. The van der Waals surface area contributed by atoms with Gasteiger partial charge in [0.1, 0.15) is 0 Å². The molecule has 0 fully saturated rings. The van der Waals surface area contributed by atoms with Gasteiger partial charge in [0.15, 0.2) is 5.78 Å². The van der Waals surface area contributed by atoms with Crippen LogP contribution in [-0.4, -0.2) is 5.78 Å². The molecule has 1 unspecified atom stereocenters. The number of benzene rings is 1. The van der Waals surface area contributed by atoms with E-state index in [1.165, 1.54) is 6.92 Å². The summed E-state index contributed by atoms with van der Waals surface area (Å²) in [5.41, 5.74) is 18.3. The summed E-state index contributed by atoms with van der Waals surface area (Å²) in [5, 5.41) is 0. The Morgan fingerprint density at radius 1 is 1.38 bits per heavy atom. The Labute approximate surface area is 76.7 Å². The smallest absolute Gasteiger partial charge is 0.151 e. The van der Waals surface area contributed by atoms with Gasteiger partial charge in [0.05, 0.1) is 17.4 Å². The predicted molar refractivity (Wildman–Crippen MR) is 52.9 cm³/mol. The summed E-state index contributed by atoms with van der Waals surface area (Å²) in [6, 6.07) is 4.43. The van der Waals surface area contributed by atoms with Gasteiger partial charge in [0.2, 0.25) is 0 Å². The number of ketones is 1. The highest BCUT2D eigenvalue weighted by molar-refractivity contribution is 5.86. The van der Waals surface area contributed by atoms with Crippen LogP contribution in [0.5, 0.6) is 0 Å². The lowest BCUT2D eigenvalue weighted by molar-refractivity contribution is -0.118. The SMILES string of the molecule is CC(=O)C(N)c1cccc(N)c1N. The number of nitrogen functional groups attached to an aromatic ring is 2. The number of anilines is 2. The Hall–Kier alpha value is -1.55. The summed E-state index contributed by atoms with van der Waals surface area (Å²) in [7, 11) is 0. The lowest BCUT2D eigenvalue weighted by atomic mass is 10.0. The topological polar surface area (TPSA) is 95.1 Å². The van der Waals surface area contributed by atoms with Crippen molar-refractivity contribution in [2.45, 2.75) is 13.0 Å². The maximum absolute atomic E-state index is 11.0. The minimum Gasteiger partial charge on any atom is -0.397 e. The van der Waals surface area contributed by atoms with E-state index in [1.54, 1.807) is 18.2 Å². The van der Waals surface area contributed by atoms with Crippen molar-refractivity contribution in [2.24, 2.45) is 5.73 Å². The number of hydrogen-bond donors (Lipinski definition) is 3. The maximum atomic E-state index is 11.0. The normalized spacial score (nSPS) is 12.5. The fraction of sp³-hybridized carbons (Fsp3) is 0.222. The van der Waals surface area contributed by atoms with Crippen molar-refractivity contribution in [1.29, 1.82) is 0 Å². The fourth-order valence-corrected chi connectivity index (χ4v) is 1.09. The molecule has 0 saturated heterocycles. The molecule has 4 nitrogen and oxygen atoms in total. The van der Waals surface area contributed by atoms with Crippen molar-refractivity contribution in [3.63, 3.8) is 0 Å². The largest absolute Gasteiger partial charge is 0.397 e. The monoisotopic (exact) mass is 179 g/mol. The van der Waals surface area contributed by atoms with Crippen molar-refractivity contribution >= 4 is 17.2 Å². The van der Waals surface area contributed by atoms with Crippen molar-refractivity contribution in [3.05, 3.63) is 23.8 Å². The summed E-state index contributed by atoms with van der Waals surface area (Å²) < 4.78 is 0. The van der Waals surface area contributed by atoms with Crippen molar-refractivity contribution in [3.8, 4) is 0 Å². The van der Waals surface area contributed by atoms with Gasteiger partial charge in [-0.15, -0.1) is 0 Å². The minimum atomic E-state index is -0.677. The third-order valence-corrected chi connectivity index (χ3v) is 1.95. The molecule has 70 valence electrons. The number of Topliss-reactive ketones (excluding diaryl/α,β-unsaturated/α-hetero) is 1. The van der Waals surface area contributed by atoms with Crippen LogP contribution in [0.25, 0.3) is 0 Å². The first kappa shape index (κ1) is 9.54. The van der Waals surface area contributed by atoms with E-state index in [2.05, 4.69) is 0 Å². The van der Waals surface area contributed by atoms with Gasteiger partial charge in [-0.3, -0.25) is 4.79 Å². The van der Waals surface area contributed by atoms with Crippen molar-refractivity contribution < 1.29 is 4.79 Å². The van der Waals surface area contributed by atoms with Crippen LogP contribution in [0.3, 0.4) is 0 Å². The van der Waals surface area contributed by atoms with E-state index in [0.29, 0.717) is 16.9 Å². The van der Waals surface area contributed by atoms with Crippen LogP contribution < -0.4 is 17.2 Å². The number of nitrogens with two attached hydrogens (primary N) is 3. The standard InChI is InChI=1S/C9H13N3O/c1-5(13)8(11)6-3-2-4-7(10)9(6)12/h2-4,8H,10-12H2,1H3. The van der Waals surface area contributed by atoms with Crippen molar-refractivity contribution in [2.75, 3.05) is 11.5 Å². The summed E-state index contributed by atoms with van der Waals surface area (Å²) in [6.07, 6.45) is 0. The molecule has 0 amide bonds. The molecule has 6 N–H and O–H groups in total. The van der Waals surface area contributed by atoms with Gasteiger partial charge in [-0.2, -0.15) is 0 Å². The molecule has 1 rings (SSSR count). The Kier molecular flexibility index (Phi) is 2.53. The Balaban J connectivity index is 3.15. The highest BCUT2D eigenvalue weighted by Gasteiger charge is 2.14. The van der Waals surface area contributed by atoms with E-state index in [0.717, 1.165) is 0 Å². The number of hydrogen-bond acceptors (Lipinski definition) is 4. The molecular weight excluding hydrogens is 166 g/mol. The van der Waals surface area contributed by atoms with Crippen LogP contribution in [0.4, 0.5) is 11.4 Å². The number of para-hydroxylation sites is 1. The molecule has 1 aromatic rings. The van der Waals surface area contributed by atoms with Crippen LogP contribution in [-0.2, 0) is 4.79 Å². The second kappa shape index (κ2) is 3.45. The Morgan fingerprint density at radius 2 is 2.00 bits per heavy atom. The van der Waals surface area contributed by atoms with Gasteiger partial charge >= 0.3 is 0 Å². The molecule has 0 aliphatic rings. The molecule has 1 atom stereocenters. The minimum absolute atomic E-state index is 0.127. The van der Waals surface area contributed by atoms with Crippen molar-refractivity contribution in [1.82, 2.24) is 0 Å². The lowest BCUT2D eigenvalue weighted by Crippen LogP contribution is -2.20. The maximum Gasteiger partial charge on any atom is 0.151 e. The van der Waals surface area contributed by atoms with Gasteiger partial charge in [-0.1, -0.05) is 12.1 Å². The zero-order valence-electron chi connectivity index (χ0n) is 7.45. The zero-order chi connectivity index (χ0) is 10.0. The van der Waals surface area contributed by atoms with Crippen LogP contribution in [0.1, 0.15) is 18.5 Å². The van der Waals surface area contributed by atoms with Crippen LogP contribution in [0.15, 0.2) is 18.2 Å². The molecule has 0 aromatic heterocycles. The van der Waals surface area contributed by atoms with Gasteiger partial charge in [0.25, 0.3) is 0 Å². The molecule has 0 radical (unpaired) electrons. The summed E-state index contributed by atoms with van der Waals surface area (Å²) in [6.45, 7) is 1.42. The van der Waals surface area contributed by atoms with E-state index in [1.807, 2.05) is 0 Å². The van der Waals surface area contributed by atoms with E-state index in [4.69, 9.17) is 17.2 Å². The first-order chi connectivity index (χ1) is 6.04. The first-order valence-corrected chi connectivity index (χ1v) is 3.94. The Morgan fingerprint density at radius 3 is 2.54 bits per heavy atom. The molecule has 0 aliphatic heterocycles. The van der Waals surface area contributed by atoms with Gasteiger partial charge in [-0.05, 0) is 13.0 Å². The van der Waals surface area contributed by atoms with E-state index in [-0.39, 0.29) is 5.78 Å². The molecule has 4 heteroatoms. The third kappa shape index (κ3) is 1.78. The number of carbonyl (C=O) groups is 1. The fourth-order valence-electron chi connectivity index (χ4n) is 1.09. The lowest BCUT2D eigenvalue weighted by Gasteiger charge is -2.12. The molecule has 13 heavy (non-hydrogen) atoms. The molecule has 1 aromatic carbocycles. The average Bonchev–Trinajstić information content (AvgIpc) is 2.08. The Bertz CT molecular complexity index is 336. The predicted octanol–water partition coefficient (Wildman–Crippen LogP) is 0.440.